The molecule has 2 fully saturated rings. The van der Waals surface area contributed by atoms with Gasteiger partial charge in [-0.1, -0.05) is 0 Å². The number of nitrogens with two attached hydrogens (primary N) is 1. The van der Waals surface area contributed by atoms with Gasteiger partial charge in [-0.25, -0.2) is 0 Å². The maximum absolute atomic E-state index is 5.49. The van der Waals surface area contributed by atoms with Gasteiger partial charge in [-0.15, -0.1) is 0 Å². The third kappa shape index (κ3) is 2.69. The molecule has 0 saturated carbocycles. The summed E-state index contributed by atoms with van der Waals surface area (Å²) in [5.74, 6) is 0.899. The second kappa shape index (κ2) is 5.39. The van der Waals surface area contributed by atoms with E-state index in [4.69, 9.17) is 15.2 Å². The molecular formula is C15H22N2O2. The number of ether oxygens (including phenoxy) is 2. The number of hydrogen-bond donors (Lipinski definition) is 1. The number of hydrogen-bond acceptors (Lipinski definition) is 4. The first-order valence-electron chi connectivity index (χ1n) is 7.07. The van der Waals surface area contributed by atoms with E-state index in [9.17, 15) is 0 Å². The van der Waals surface area contributed by atoms with Crippen molar-refractivity contribution in [1.29, 1.82) is 0 Å². The van der Waals surface area contributed by atoms with E-state index in [0.717, 1.165) is 19.0 Å². The van der Waals surface area contributed by atoms with Crippen LogP contribution in [0.25, 0.3) is 0 Å². The van der Waals surface area contributed by atoms with E-state index in [2.05, 4.69) is 17.0 Å². The van der Waals surface area contributed by atoms with E-state index in [1.807, 2.05) is 12.1 Å². The van der Waals surface area contributed by atoms with Gasteiger partial charge in [-0.2, -0.15) is 0 Å². The van der Waals surface area contributed by atoms with Crippen molar-refractivity contribution in [3.8, 4) is 5.75 Å². The van der Waals surface area contributed by atoms with Crippen molar-refractivity contribution < 1.29 is 9.47 Å². The monoisotopic (exact) mass is 262 g/mol. The van der Waals surface area contributed by atoms with Gasteiger partial charge in [0, 0.05) is 44.0 Å². The van der Waals surface area contributed by atoms with Crippen molar-refractivity contribution in [2.75, 3.05) is 44.4 Å². The lowest BCUT2D eigenvalue weighted by Crippen LogP contribution is -2.58. The second-order valence-corrected chi connectivity index (χ2v) is 5.60. The lowest BCUT2D eigenvalue weighted by Gasteiger charge is -2.53. The Morgan fingerprint density at radius 3 is 2.47 bits per heavy atom. The molecule has 2 heterocycles. The summed E-state index contributed by atoms with van der Waals surface area (Å²) in [4.78, 5) is 2.44. The maximum Gasteiger partial charge on any atom is 0.119 e. The normalized spacial score (nSPS) is 21.2. The first-order valence-corrected chi connectivity index (χ1v) is 7.07. The van der Waals surface area contributed by atoms with Crippen LogP contribution in [0.3, 0.4) is 0 Å². The fraction of sp³-hybridized carbons (Fsp3) is 0.600. The van der Waals surface area contributed by atoms with Crippen LogP contribution >= 0.6 is 0 Å². The van der Waals surface area contributed by atoms with E-state index in [0.29, 0.717) is 18.6 Å². The predicted molar refractivity (Wildman–Crippen MR) is 75.7 cm³/mol. The van der Waals surface area contributed by atoms with Crippen LogP contribution in [-0.2, 0) is 4.74 Å². The van der Waals surface area contributed by atoms with E-state index < -0.39 is 0 Å². The first kappa shape index (κ1) is 12.8. The number of nitrogens with zero attached hydrogens (tertiary/aromatic N) is 1. The minimum Gasteiger partial charge on any atom is -0.492 e. The van der Waals surface area contributed by atoms with Crippen LogP contribution in [0.2, 0.25) is 0 Å². The lowest BCUT2D eigenvalue weighted by atomic mass is 9.73. The molecule has 0 radical (unpaired) electrons. The van der Waals surface area contributed by atoms with Crippen molar-refractivity contribution in [2.24, 2.45) is 11.1 Å². The van der Waals surface area contributed by atoms with Crippen LogP contribution in [0.15, 0.2) is 24.3 Å². The molecule has 0 amide bonds. The molecule has 1 aromatic carbocycles. The van der Waals surface area contributed by atoms with Crippen molar-refractivity contribution >= 4 is 5.69 Å². The summed E-state index contributed by atoms with van der Waals surface area (Å²) in [7, 11) is 0. The standard InChI is InChI=1S/C15H22N2O2/c16-7-10-19-14-3-1-13(2-4-14)17-11-15(12-17)5-8-18-9-6-15/h1-4H,5-12,16H2. The highest BCUT2D eigenvalue weighted by Gasteiger charge is 2.43. The molecule has 2 N–H and O–H groups in total. The lowest BCUT2D eigenvalue weighted by molar-refractivity contribution is -0.000192. The first-order chi connectivity index (χ1) is 9.31. The van der Waals surface area contributed by atoms with Gasteiger partial charge in [0.25, 0.3) is 0 Å². The van der Waals surface area contributed by atoms with Gasteiger partial charge < -0.3 is 20.1 Å². The summed E-state index contributed by atoms with van der Waals surface area (Å²) >= 11 is 0. The summed E-state index contributed by atoms with van der Waals surface area (Å²) in [5, 5.41) is 0. The van der Waals surface area contributed by atoms with Gasteiger partial charge in [-0.05, 0) is 37.1 Å². The maximum atomic E-state index is 5.49. The molecule has 2 aliphatic rings. The Bertz CT molecular complexity index is 405. The quantitative estimate of drug-likeness (QED) is 0.896. The Kier molecular flexibility index (Phi) is 3.62. The molecule has 0 aliphatic carbocycles. The van der Waals surface area contributed by atoms with Gasteiger partial charge in [0.2, 0.25) is 0 Å². The average molecular weight is 262 g/mol. The Hall–Kier alpha value is -1.26. The van der Waals surface area contributed by atoms with Gasteiger partial charge >= 0.3 is 0 Å². The summed E-state index contributed by atoms with van der Waals surface area (Å²) in [6.45, 7) is 5.32. The zero-order valence-electron chi connectivity index (χ0n) is 11.3. The predicted octanol–water partition coefficient (Wildman–Crippen LogP) is 1.64. The molecule has 2 saturated heterocycles. The zero-order valence-corrected chi connectivity index (χ0v) is 11.3. The van der Waals surface area contributed by atoms with Crippen molar-refractivity contribution in [3.05, 3.63) is 24.3 Å². The summed E-state index contributed by atoms with van der Waals surface area (Å²) < 4.78 is 10.9. The van der Waals surface area contributed by atoms with Gasteiger partial charge in [0.15, 0.2) is 0 Å². The molecule has 3 rings (SSSR count). The highest BCUT2D eigenvalue weighted by Crippen LogP contribution is 2.42. The third-order valence-electron chi connectivity index (χ3n) is 4.19. The molecule has 104 valence electrons. The van der Waals surface area contributed by atoms with Crippen LogP contribution in [-0.4, -0.2) is 39.5 Å². The van der Waals surface area contributed by atoms with Crippen LogP contribution in [0.1, 0.15) is 12.8 Å². The van der Waals surface area contributed by atoms with Crippen molar-refractivity contribution in [3.63, 3.8) is 0 Å². The Morgan fingerprint density at radius 2 is 1.84 bits per heavy atom. The summed E-state index contributed by atoms with van der Waals surface area (Å²) in [6, 6.07) is 8.33. The zero-order chi connectivity index (χ0) is 13.1. The molecule has 0 atom stereocenters. The highest BCUT2D eigenvalue weighted by atomic mass is 16.5. The molecule has 1 spiro atoms. The molecule has 0 bridgehead atoms. The molecular weight excluding hydrogens is 240 g/mol. The van der Waals surface area contributed by atoms with Crippen molar-refractivity contribution in [1.82, 2.24) is 0 Å². The minimum absolute atomic E-state index is 0.521. The minimum atomic E-state index is 0.521. The van der Waals surface area contributed by atoms with Crippen LogP contribution in [0.4, 0.5) is 5.69 Å². The van der Waals surface area contributed by atoms with E-state index >= 15 is 0 Å². The Morgan fingerprint density at radius 1 is 1.16 bits per heavy atom. The topological polar surface area (TPSA) is 47.7 Å². The van der Waals surface area contributed by atoms with Crippen LogP contribution < -0.4 is 15.4 Å². The van der Waals surface area contributed by atoms with Crippen LogP contribution in [0, 0.1) is 5.41 Å². The Balaban J connectivity index is 1.56. The molecule has 1 aromatic rings. The van der Waals surface area contributed by atoms with Crippen molar-refractivity contribution in [2.45, 2.75) is 12.8 Å². The van der Waals surface area contributed by atoms with E-state index in [1.165, 1.54) is 31.6 Å². The van der Waals surface area contributed by atoms with Gasteiger partial charge in [0.1, 0.15) is 12.4 Å². The molecule has 0 aromatic heterocycles. The number of rotatable bonds is 4. The van der Waals surface area contributed by atoms with E-state index in [1.54, 1.807) is 0 Å². The SMILES string of the molecule is NCCOc1ccc(N2CC3(CCOCC3)C2)cc1. The molecule has 0 unspecified atom stereocenters. The number of anilines is 1. The molecule has 19 heavy (non-hydrogen) atoms. The average Bonchev–Trinajstić information content (AvgIpc) is 2.44. The van der Waals surface area contributed by atoms with E-state index in [-0.39, 0.29) is 0 Å². The summed E-state index contributed by atoms with van der Waals surface area (Å²) in [5.41, 5.74) is 7.23. The highest BCUT2D eigenvalue weighted by molar-refractivity contribution is 5.52. The van der Waals surface area contributed by atoms with Gasteiger partial charge in [-0.3, -0.25) is 0 Å². The number of benzene rings is 1. The largest absolute Gasteiger partial charge is 0.492 e. The smallest absolute Gasteiger partial charge is 0.119 e. The summed E-state index contributed by atoms with van der Waals surface area (Å²) in [6.07, 6.45) is 2.42. The fourth-order valence-corrected chi connectivity index (χ4v) is 3.00. The molecule has 2 aliphatic heterocycles. The van der Waals surface area contributed by atoms with Gasteiger partial charge in [0.05, 0.1) is 0 Å². The van der Waals surface area contributed by atoms with Crippen LogP contribution in [0.5, 0.6) is 5.75 Å². The second-order valence-electron chi connectivity index (χ2n) is 5.60. The molecule has 4 heteroatoms. The fourth-order valence-electron chi connectivity index (χ4n) is 3.00. The molecule has 4 nitrogen and oxygen atoms in total. The Labute approximate surface area is 114 Å². The third-order valence-corrected chi connectivity index (χ3v) is 4.19.